The molecule has 0 unspecified atom stereocenters. The molecule has 8 bridgehead atoms. The van der Waals surface area contributed by atoms with Gasteiger partial charge in [0.2, 0.25) is 0 Å². The Balaban J connectivity index is 1.12. The molecule has 346 valence electrons. The summed E-state index contributed by atoms with van der Waals surface area (Å²) in [6, 6.07) is 27.7. The van der Waals surface area contributed by atoms with Crippen LogP contribution in [0.1, 0.15) is 77.0 Å². The summed E-state index contributed by atoms with van der Waals surface area (Å²) in [6.07, 6.45) is 15.0. The van der Waals surface area contributed by atoms with Crippen LogP contribution >= 0.6 is 0 Å². The second-order valence-electron chi connectivity index (χ2n) is 22.1. The van der Waals surface area contributed by atoms with E-state index in [9.17, 15) is 0 Å². The van der Waals surface area contributed by atoms with Gasteiger partial charge in [0.25, 0.3) is 0 Å². The van der Waals surface area contributed by atoms with E-state index in [1.165, 1.54) is 99.8 Å². The predicted molar refractivity (Wildman–Crippen MR) is 281 cm³/mol. The van der Waals surface area contributed by atoms with Gasteiger partial charge in [0.05, 0.1) is 80.5 Å². The first-order valence-corrected chi connectivity index (χ1v) is 25.8. The van der Waals surface area contributed by atoms with E-state index in [1.54, 1.807) is 0 Å². The molecule has 4 saturated heterocycles. The van der Waals surface area contributed by atoms with Crippen molar-refractivity contribution in [3.63, 3.8) is 0 Å². The van der Waals surface area contributed by atoms with Gasteiger partial charge in [-0.05, 0) is 126 Å². The molecule has 0 radical (unpaired) electrons. The van der Waals surface area contributed by atoms with Crippen LogP contribution in [0, 0.1) is 0 Å². The van der Waals surface area contributed by atoms with E-state index in [2.05, 4.69) is 111 Å². The summed E-state index contributed by atoms with van der Waals surface area (Å²) in [6.45, 7) is 9.02. The van der Waals surface area contributed by atoms with Crippen LogP contribution in [0.2, 0.25) is 0 Å². The molecule has 7 aromatic rings. The molecule has 9 heterocycles. The maximum absolute atomic E-state index is 5.52. The van der Waals surface area contributed by atoms with Gasteiger partial charge in [-0.1, -0.05) is 0 Å². The van der Waals surface area contributed by atoms with E-state index in [1.807, 2.05) is 0 Å². The fraction of sp³-hybridized carbons (Fsp3) is 0.429. The number of benzene rings is 4. The van der Waals surface area contributed by atoms with Gasteiger partial charge in [-0.15, -0.1) is 0 Å². The van der Waals surface area contributed by atoms with Crippen LogP contribution in [0.15, 0.2) is 72.8 Å². The zero-order valence-corrected chi connectivity index (χ0v) is 40.5. The Hall–Kier alpha value is -5.92. The summed E-state index contributed by atoms with van der Waals surface area (Å²) >= 11 is 0. The third-order valence-electron chi connectivity index (χ3n) is 17.5. The van der Waals surface area contributed by atoms with E-state index in [4.69, 9.17) is 29.9 Å². The fourth-order valence-electron chi connectivity index (χ4n) is 13.0. The number of nitrogens with one attached hydrogen (secondary N) is 2. The van der Waals surface area contributed by atoms with Gasteiger partial charge in [-0.25, -0.2) is 29.9 Å². The van der Waals surface area contributed by atoms with Gasteiger partial charge < -0.3 is 9.97 Å². The first-order valence-electron chi connectivity index (χ1n) is 25.8. The van der Waals surface area contributed by atoms with Crippen LogP contribution < -0.4 is 17.9 Å². The number of rotatable bonds is 4. The third kappa shape index (κ3) is 6.92. The molecule has 4 fully saturated rings. The van der Waals surface area contributed by atoms with E-state index in [-0.39, 0.29) is 0 Å². The van der Waals surface area contributed by atoms with Gasteiger partial charge >= 0.3 is 0 Å². The second-order valence-corrected chi connectivity index (χ2v) is 22.1. The van der Waals surface area contributed by atoms with Crippen LogP contribution in [0.5, 0.6) is 0 Å². The molecule has 4 aromatic carbocycles. The van der Waals surface area contributed by atoms with Crippen molar-refractivity contribution in [2.75, 3.05) is 80.5 Å². The molecule has 12 nitrogen and oxygen atoms in total. The fourth-order valence-corrected chi connectivity index (χ4v) is 13.0. The minimum absolute atomic E-state index is 0.657. The predicted octanol–water partition coefficient (Wildman–Crippen LogP) is 11.4. The lowest BCUT2D eigenvalue weighted by Crippen LogP contribution is -2.48. The van der Waals surface area contributed by atoms with Crippen molar-refractivity contribution in [3.05, 3.63) is 72.8 Å². The van der Waals surface area contributed by atoms with Crippen molar-refractivity contribution in [3.8, 4) is 45.6 Å². The van der Waals surface area contributed by atoms with E-state index >= 15 is 0 Å². The summed E-state index contributed by atoms with van der Waals surface area (Å²) in [5, 5.41) is 4.13. The Morgan fingerprint density at radius 1 is 0.294 bits per heavy atom. The minimum atomic E-state index is 0.657. The summed E-state index contributed by atoms with van der Waals surface area (Å²) in [4.78, 5) is 40.4. The number of quaternary nitrogens is 4. The average molecular weight is 907 g/mol. The minimum Gasteiger partial charge on any atom is -0.324 e. The van der Waals surface area contributed by atoms with Crippen molar-refractivity contribution in [1.29, 1.82) is 0 Å². The highest BCUT2D eigenvalue weighted by molar-refractivity contribution is 6.08. The lowest BCUT2D eigenvalue weighted by atomic mass is 10.0. The number of H-pyrrole nitrogens is 2. The molecule has 6 aliphatic heterocycles. The lowest BCUT2D eigenvalue weighted by molar-refractivity contribution is 0.275. The molecule has 12 heteroatoms. The second kappa shape index (κ2) is 15.8. The van der Waals surface area contributed by atoms with Crippen molar-refractivity contribution >= 4 is 66.9 Å². The normalized spacial score (nSPS) is 20.5. The van der Waals surface area contributed by atoms with E-state index < -0.39 is 0 Å². The Labute approximate surface area is 399 Å². The van der Waals surface area contributed by atoms with Crippen LogP contribution in [0.25, 0.3) is 89.7 Å². The molecule has 0 spiro atoms. The van der Waals surface area contributed by atoms with Crippen molar-refractivity contribution in [2.24, 2.45) is 0 Å². The number of hydrogen-bond acceptors (Lipinski definition) is 6. The number of aromatic nitrogens is 8. The Kier molecular flexibility index (Phi) is 9.81. The molecule has 68 heavy (non-hydrogen) atoms. The monoisotopic (exact) mass is 907 g/mol. The molecule has 13 rings (SSSR count). The standard InChI is InChI=1S/C56H66N12/c1-65(25-9-5-10-26-65)37-17-21-41-45(33-37)53-57-49(41)62-54-47-35-39(67(3)29-13-7-14-30-67)19-23-43(47)51(59-54)64-56-48-36-40(68(4)31-15-8-16-32-68)20-24-44(48)52(60-56)63-55-46-34-38(66(2)27-11-6-12-28-66)18-22-42(46)50(58-55)61-53/h17-24,33-36H,5-16,25-32H2,1-4H3,(H2,57,58,59,60,61,62,63,64)/q+4. The van der Waals surface area contributed by atoms with Gasteiger partial charge in [0.15, 0.2) is 23.3 Å². The van der Waals surface area contributed by atoms with Crippen LogP contribution in [0.3, 0.4) is 0 Å². The molecule has 0 amide bonds. The van der Waals surface area contributed by atoms with Crippen molar-refractivity contribution < 1.29 is 0 Å². The topological polar surface area (TPSA) is 109 Å². The van der Waals surface area contributed by atoms with Crippen molar-refractivity contribution in [1.82, 2.24) is 57.8 Å². The number of hydrogen-bond donors (Lipinski definition) is 2. The van der Waals surface area contributed by atoms with Crippen LogP contribution in [-0.4, -0.2) is 120 Å². The number of nitrogens with zero attached hydrogens (tertiary/aromatic N) is 10. The zero-order valence-electron chi connectivity index (χ0n) is 40.5. The van der Waals surface area contributed by atoms with Gasteiger partial charge in [0, 0.05) is 68.1 Å². The highest BCUT2D eigenvalue weighted by atomic mass is 15.4. The SMILES string of the molecule is C[N+]1(c2ccc3c(c2)-c2nc-3nc3[nH]c(nc4nc(nc5[nH]c(n2)c2ccc([N+]6(C)CCCCC6)cc52)-c2ccc([N+]5(C)CCCCC5)cc2-4)c2ccc([N+]4(C)CCCCC4)cc32)CCCCC1. The number of fused-ring (bicyclic) bond motifs is 20. The summed E-state index contributed by atoms with van der Waals surface area (Å²) in [7, 11) is 9.55. The quantitative estimate of drug-likeness (QED) is 0.170. The zero-order chi connectivity index (χ0) is 45.8. The number of aromatic amines is 2. The molecule has 2 N–H and O–H groups in total. The molecule has 0 saturated carbocycles. The first-order chi connectivity index (χ1) is 33.0. The van der Waals surface area contributed by atoms with E-state index in [0.717, 1.165) is 137 Å². The van der Waals surface area contributed by atoms with Crippen LogP contribution in [-0.2, 0) is 0 Å². The van der Waals surface area contributed by atoms with Gasteiger partial charge in [0.1, 0.15) is 45.3 Å². The average Bonchev–Trinajstić information content (AvgIpc) is 4.10. The molecule has 0 atom stereocenters. The highest BCUT2D eigenvalue weighted by Crippen LogP contribution is 2.43. The highest BCUT2D eigenvalue weighted by Gasteiger charge is 2.34. The molecule has 6 aliphatic rings. The number of likely N-dealkylation sites (tertiary alicyclic amines) is 4. The molecular formula is C56H66N12+4. The van der Waals surface area contributed by atoms with Gasteiger partial charge in [-0.2, -0.15) is 0 Å². The third-order valence-corrected chi connectivity index (χ3v) is 17.5. The van der Waals surface area contributed by atoms with Crippen molar-refractivity contribution in [2.45, 2.75) is 77.0 Å². The molecule has 3 aromatic heterocycles. The maximum atomic E-state index is 5.52. The molecule has 0 aliphatic carbocycles. The Bertz CT molecular complexity index is 3120. The lowest BCUT2D eigenvalue weighted by Gasteiger charge is -2.37. The smallest absolute Gasteiger partial charge is 0.164 e. The Morgan fingerprint density at radius 3 is 0.912 bits per heavy atom. The van der Waals surface area contributed by atoms with Crippen LogP contribution in [0.4, 0.5) is 22.7 Å². The summed E-state index contributed by atoms with van der Waals surface area (Å²) in [5.74, 6) is 2.65. The largest absolute Gasteiger partial charge is 0.324 e. The molecular weight excluding hydrogens is 841 g/mol. The van der Waals surface area contributed by atoms with E-state index in [0.29, 0.717) is 23.3 Å². The summed E-state index contributed by atoms with van der Waals surface area (Å²) in [5.41, 5.74) is 12.2. The van der Waals surface area contributed by atoms with Gasteiger partial charge in [-0.3, -0.25) is 17.9 Å². The summed E-state index contributed by atoms with van der Waals surface area (Å²) < 4.78 is 3.66. The maximum Gasteiger partial charge on any atom is 0.164 e. The Morgan fingerprint density at radius 2 is 0.574 bits per heavy atom. The first kappa shape index (κ1) is 42.2. The number of piperidine rings is 4.